The first kappa shape index (κ1) is 70.4. The second-order valence-electron chi connectivity index (χ2n) is 25.8. The van der Waals surface area contributed by atoms with Crippen LogP contribution in [0.4, 0.5) is 46.9 Å². The maximum atomic E-state index is 14.2. The number of amides is 5. The number of fused-ring (bicyclic) bond motifs is 2. The molecule has 4 aliphatic rings. The first-order valence-corrected chi connectivity index (χ1v) is 32.8. The van der Waals surface area contributed by atoms with Crippen LogP contribution in [-0.4, -0.2) is 183 Å². The fourth-order valence-corrected chi connectivity index (χ4v) is 13.9. The summed E-state index contributed by atoms with van der Waals surface area (Å²) < 4.78 is 110. The second-order valence-corrected chi connectivity index (χ2v) is 25.8. The van der Waals surface area contributed by atoms with Gasteiger partial charge in [0.15, 0.2) is 0 Å². The van der Waals surface area contributed by atoms with Crippen molar-refractivity contribution in [2.75, 3.05) is 117 Å². The Labute approximate surface area is 555 Å². The van der Waals surface area contributed by atoms with Gasteiger partial charge in [-0.3, -0.25) is 24.1 Å². The smallest absolute Gasteiger partial charge is 0.416 e. The minimum absolute atomic E-state index is 0.0311. The van der Waals surface area contributed by atoms with Crippen LogP contribution in [0.25, 0.3) is 11.1 Å². The van der Waals surface area contributed by atoms with Gasteiger partial charge in [-0.05, 0) is 147 Å². The number of anilines is 2. The van der Waals surface area contributed by atoms with Crippen molar-refractivity contribution in [3.05, 3.63) is 190 Å². The molecule has 0 aromatic heterocycles. The molecular formula is C73H83F7N8O8. The molecule has 3 fully saturated rings. The average molecular weight is 1330 g/mol. The lowest BCUT2D eigenvalue weighted by Gasteiger charge is -2.44. The van der Waals surface area contributed by atoms with Gasteiger partial charge >= 0.3 is 18.4 Å². The zero-order valence-electron chi connectivity index (χ0n) is 54.4. The average Bonchev–Trinajstić information content (AvgIpc) is 1.58. The Balaban J connectivity index is 0.625. The topological polar surface area (TPSA) is 159 Å². The summed E-state index contributed by atoms with van der Waals surface area (Å²) in [4.78, 5) is 78.7. The second kappa shape index (κ2) is 30.8. The number of ether oxygens (including phenoxy) is 2. The lowest BCUT2D eigenvalue weighted by Crippen LogP contribution is -2.50. The molecule has 2 atom stereocenters. The maximum Gasteiger partial charge on any atom is 0.416 e. The van der Waals surface area contributed by atoms with Gasteiger partial charge in [-0.1, -0.05) is 91.3 Å². The molecule has 5 amide bonds. The van der Waals surface area contributed by atoms with E-state index in [1.807, 2.05) is 85.9 Å². The molecule has 23 heteroatoms. The van der Waals surface area contributed by atoms with Crippen molar-refractivity contribution < 1.29 is 69.3 Å². The van der Waals surface area contributed by atoms with Crippen molar-refractivity contribution >= 4 is 41.1 Å². The number of nitrogens with one attached hydrogen (secondary N) is 1. The Morgan fingerprint density at radius 2 is 1.29 bits per heavy atom. The molecule has 1 spiro atoms. The van der Waals surface area contributed by atoms with Gasteiger partial charge in [-0.15, -0.1) is 0 Å². The SMILES string of the molecule is CN(CCN1CCC(N(C(=O)O)c2ccccc2-c2ccccc2)CC1)C(=O)CCCCCNc1ccc(C(=O)N(C)CCN(C)C(=O)CO[C@H]2Cc3ccccc3C23CCN(CC[C@]2(c4ccc(F)cc4)CN(C(=O)c4cc(C(F)(F)F)cc(C(F)(F)F)c4)CO2)CC3)cc1. The van der Waals surface area contributed by atoms with Crippen LogP contribution in [0.3, 0.4) is 0 Å². The Bertz CT molecular complexity index is 3630. The molecule has 1 aliphatic carbocycles. The summed E-state index contributed by atoms with van der Waals surface area (Å²) in [5.74, 6) is -1.96. The van der Waals surface area contributed by atoms with Gasteiger partial charge in [0.25, 0.3) is 11.8 Å². The van der Waals surface area contributed by atoms with Crippen molar-refractivity contribution in [2.24, 2.45) is 0 Å². The number of carbonyl (C=O) groups excluding carboxylic acids is 4. The number of alkyl halides is 6. The van der Waals surface area contributed by atoms with E-state index in [0.717, 1.165) is 71.7 Å². The summed E-state index contributed by atoms with van der Waals surface area (Å²) in [5.41, 5.74) is 0.955. The highest BCUT2D eigenvalue weighted by atomic mass is 19.4. The zero-order chi connectivity index (χ0) is 68.4. The first-order chi connectivity index (χ1) is 45.9. The standard InChI is InChI=1S/C73H83F7N8O8/c1-82(42-43-85-35-29-60(30-36-85)88(69(93)94)63-19-12-10-17-61(63)51-14-6-4-7-15-51)65(89)20-8-5-13-34-81-59-27-21-52(22-28-59)67(91)84(3)41-40-83(2)66(90)48-95-64-46-53-16-9-11-18-62(53)70(64)31-37-86(38-32-70)39-33-71(55-23-25-58(74)26-24-55)49-87(50-96-71)68(92)54-44-56(72(75,76)77)47-57(45-54)73(78,79)80/h4,6-7,9-12,14-19,21-28,44-45,47,60,64,81H,5,8,13,20,29-43,46,48-50H2,1-3H3,(H,93,94)/t64-,71+/m0/s1. The fourth-order valence-electron chi connectivity index (χ4n) is 13.9. The number of hydrogen-bond acceptors (Lipinski definition) is 10. The van der Waals surface area contributed by atoms with E-state index in [4.69, 9.17) is 9.47 Å². The van der Waals surface area contributed by atoms with Gasteiger partial charge in [0, 0.05) is 114 Å². The van der Waals surface area contributed by atoms with E-state index in [-0.39, 0.29) is 68.6 Å². The molecular weight excluding hydrogens is 1250 g/mol. The summed E-state index contributed by atoms with van der Waals surface area (Å²) in [6.45, 7) is 4.80. The highest BCUT2D eigenvalue weighted by molar-refractivity contribution is 5.96. The molecule has 2 N–H and O–H groups in total. The normalized spacial score (nSPS) is 18.3. The number of halogens is 7. The van der Waals surface area contributed by atoms with E-state index < -0.39 is 64.6 Å². The van der Waals surface area contributed by atoms with Crippen LogP contribution in [0.5, 0.6) is 0 Å². The molecule has 3 saturated heterocycles. The van der Waals surface area contributed by atoms with Gasteiger partial charge in [0.05, 0.1) is 29.5 Å². The highest BCUT2D eigenvalue weighted by Crippen LogP contribution is 2.49. The van der Waals surface area contributed by atoms with Crippen molar-refractivity contribution in [1.82, 2.24) is 29.4 Å². The minimum Gasteiger partial charge on any atom is -0.465 e. The predicted molar refractivity (Wildman–Crippen MR) is 351 cm³/mol. The van der Waals surface area contributed by atoms with Crippen LogP contribution in [-0.2, 0) is 48.9 Å². The van der Waals surface area contributed by atoms with E-state index in [1.54, 1.807) is 40.9 Å². The largest absolute Gasteiger partial charge is 0.465 e. The third-order valence-electron chi connectivity index (χ3n) is 19.6. The molecule has 16 nitrogen and oxygen atoms in total. The quantitative estimate of drug-likeness (QED) is 0.0415. The van der Waals surface area contributed by atoms with Crippen molar-refractivity contribution in [1.29, 1.82) is 0 Å². The number of rotatable bonds is 25. The van der Waals surface area contributed by atoms with E-state index in [2.05, 4.69) is 27.2 Å². The molecule has 6 aromatic rings. The number of carbonyl (C=O) groups is 5. The third-order valence-corrected chi connectivity index (χ3v) is 19.6. The highest BCUT2D eigenvalue weighted by Gasteiger charge is 2.50. The van der Waals surface area contributed by atoms with Crippen LogP contribution in [0.15, 0.2) is 146 Å². The number of likely N-dealkylation sites (tertiary alicyclic amines) is 2. The molecule has 512 valence electrons. The van der Waals surface area contributed by atoms with Gasteiger partial charge in [-0.25, -0.2) is 9.18 Å². The van der Waals surface area contributed by atoms with Crippen LogP contribution in [0, 0.1) is 5.82 Å². The molecule has 0 bridgehead atoms. The molecule has 0 radical (unpaired) electrons. The first-order valence-electron chi connectivity index (χ1n) is 32.8. The van der Waals surface area contributed by atoms with E-state index in [9.17, 15) is 59.8 Å². The Hall–Kier alpha value is -8.38. The maximum absolute atomic E-state index is 14.2. The monoisotopic (exact) mass is 1330 g/mol. The van der Waals surface area contributed by atoms with Gasteiger partial charge in [-0.2, -0.15) is 26.3 Å². The molecule has 3 aliphatic heterocycles. The fraction of sp³-hybridized carbons (Fsp3) is 0.438. The van der Waals surface area contributed by atoms with E-state index >= 15 is 0 Å². The third kappa shape index (κ3) is 16.9. The molecule has 0 saturated carbocycles. The molecule has 0 unspecified atom stereocenters. The number of nitrogens with zero attached hydrogens (tertiary/aromatic N) is 7. The molecule has 6 aromatic carbocycles. The number of hydrogen-bond donors (Lipinski definition) is 2. The van der Waals surface area contributed by atoms with Crippen molar-refractivity contribution in [2.45, 2.75) is 99.7 Å². The lowest BCUT2D eigenvalue weighted by molar-refractivity contribution is -0.143. The molecule has 10 rings (SSSR count). The van der Waals surface area contributed by atoms with E-state index in [1.165, 1.54) is 29.2 Å². The minimum atomic E-state index is -5.15. The predicted octanol–water partition coefficient (Wildman–Crippen LogP) is 12.5. The van der Waals surface area contributed by atoms with E-state index in [0.29, 0.717) is 100 Å². The lowest BCUT2D eigenvalue weighted by atomic mass is 9.72. The Morgan fingerprint density at radius 1 is 0.667 bits per heavy atom. The van der Waals surface area contributed by atoms with Gasteiger partial charge < -0.3 is 49.3 Å². The number of likely N-dealkylation sites (N-methyl/N-ethyl adjacent to an activating group) is 3. The summed E-state index contributed by atoms with van der Waals surface area (Å²) in [5, 5.41) is 13.8. The molecule has 3 heterocycles. The number of carboxylic acid groups (broad SMARTS) is 1. The van der Waals surface area contributed by atoms with Crippen molar-refractivity contribution in [3.63, 3.8) is 0 Å². The number of benzene rings is 6. The number of unbranched alkanes of at least 4 members (excludes halogenated alkanes) is 2. The number of piperidine rings is 2. The van der Waals surface area contributed by atoms with Crippen molar-refractivity contribution in [3.8, 4) is 11.1 Å². The summed E-state index contributed by atoms with van der Waals surface area (Å²) in [6.07, 6.45) is -5.11. The van der Waals surface area contributed by atoms with Crippen LogP contribution in [0.1, 0.15) is 106 Å². The molecule has 96 heavy (non-hydrogen) atoms. The summed E-state index contributed by atoms with van der Waals surface area (Å²) in [6, 6.07) is 38.9. The van der Waals surface area contributed by atoms with Crippen LogP contribution in [0.2, 0.25) is 0 Å². The zero-order valence-corrected chi connectivity index (χ0v) is 54.4. The van der Waals surface area contributed by atoms with Gasteiger partial charge in [0.1, 0.15) is 24.8 Å². The number of para-hydroxylation sites is 1. The Morgan fingerprint density at radius 3 is 1.97 bits per heavy atom. The van der Waals surface area contributed by atoms with Gasteiger partial charge in [0.2, 0.25) is 11.8 Å². The summed E-state index contributed by atoms with van der Waals surface area (Å²) >= 11 is 0. The Kier molecular flexibility index (Phi) is 22.6. The van der Waals surface area contributed by atoms with Crippen LogP contribution >= 0.6 is 0 Å². The summed E-state index contributed by atoms with van der Waals surface area (Å²) in [7, 11) is 5.20. The van der Waals surface area contributed by atoms with Crippen LogP contribution < -0.4 is 10.2 Å².